The van der Waals surface area contributed by atoms with Crippen LogP contribution in [-0.2, 0) is 4.79 Å². The Labute approximate surface area is 138 Å². The Morgan fingerprint density at radius 2 is 1.81 bits per heavy atom. The van der Waals surface area contributed by atoms with Crippen LogP contribution < -0.4 is 10.1 Å². The number of hydrogen-bond acceptors (Lipinski definition) is 2. The molecule has 2 rings (SSSR count). The first-order valence-corrected chi connectivity index (χ1v) is 7.79. The summed E-state index contributed by atoms with van der Waals surface area (Å²) in [4.78, 5) is 11.9. The molecule has 3 nitrogen and oxygen atoms in total. The summed E-state index contributed by atoms with van der Waals surface area (Å²) in [6.45, 7) is 6.09. The van der Waals surface area contributed by atoms with Crippen molar-refractivity contribution < 1.29 is 9.53 Å². The van der Waals surface area contributed by atoms with Gasteiger partial charge in [0.2, 0.25) is 0 Å². The van der Waals surface area contributed by atoms with Gasteiger partial charge in [0.1, 0.15) is 5.75 Å². The third-order valence-electron chi connectivity index (χ3n) is 3.26. The minimum Gasteiger partial charge on any atom is -0.483 e. The fraction of sp³-hybridized carbons (Fsp3) is 0.235. The summed E-state index contributed by atoms with van der Waals surface area (Å²) in [6, 6.07) is 11.7. The van der Waals surface area contributed by atoms with E-state index in [1.165, 1.54) is 5.56 Å². The molecule has 2 aromatic rings. The Bertz CT molecular complexity index is 668. The Morgan fingerprint density at radius 3 is 2.52 bits per heavy atom. The van der Waals surface area contributed by atoms with Crippen molar-refractivity contribution in [2.75, 3.05) is 11.9 Å². The zero-order valence-corrected chi connectivity index (χ0v) is 14.5. The van der Waals surface area contributed by atoms with Crippen LogP contribution in [0, 0.1) is 24.3 Å². The van der Waals surface area contributed by atoms with Crippen LogP contribution in [0.3, 0.4) is 0 Å². The average Bonchev–Trinajstić information content (AvgIpc) is 2.41. The number of rotatable bonds is 4. The van der Waals surface area contributed by atoms with Crippen LogP contribution in [0.4, 0.5) is 5.69 Å². The molecule has 21 heavy (non-hydrogen) atoms. The van der Waals surface area contributed by atoms with Gasteiger partial charge in [0, 0.05) is 9.26 Å². The van der Waals surface area contributed by atoms with Gasteiger partial charge >= 0.3 is 0 Å². The third-order valence-corrected chi connectivity index (χ3v) is 3.93. The molecule has 1 amide bonds. The van der Waals surface area contributed by atoms with E-state index in [0.29, 0.717) is 0 Å². The number of nitrogens with one attached hydrogen (secondary N) is 1. The van der Waals surface area contributed by atoms with Crippen molar-refractivity contribution in [1.82, 2.24) is 0 Å². The normalized spacial score (nSPS) is 10.3. The van der Waals surface area contributed by atoms with Crippen LogP contribution in [0.15, 0.2) is 36.4 Å². The van der Waals surface area contributed by atoms with Crippen LogP contribution in [0.25, 0.3) is 0 Å². The first-order chi connectivity index (χ1) is 9.95. The molecule has 0 aliphatic heterocycles. The zero-order valence-electron chi connectivity index (χ0n) is 12.4. The highest BCUT2D eigenvalue weighted by Crippen LogP contribution is 2.22. The summed E-state index contributed by atoms with van der Waals surface area (Å²) in [5.41, 5.74) is 4.21. The predicted molar refractivity (Wildman–Crippen MR) is 93.9 cm³/mol. The van der Waals surface area contributed by atoms with E-state index in [4.69, 9.17) is 4.74 Å². The Hall–Kier alpha value is -1.56. The number of ether oxygens (including phenoxy) is 1. The summed E-state index contributed by atoms with van der Waals surface area (Å²) in [5.74, 6) is 0.602. The predicted octanol–water partition coefficient (Wildman–Crippen LogP) is 4.23. The van der Waals surface area contributed by atoms with Gasteiger partial charge in [0.05, 0.1) is 0 Å². The number of halogens is 1. The molecule has 0 radical (unpaired) electrons. The first-order valence-electron chi connectivity index (χ1n) is 6.72. The van der Waals surface area contributed by atoms with Gasteiger partial charge in [-0.2, -0.15) is 0 Å². The largest absolute Gasteiger partial charge is 0.483 e. The minimum atomic E-state index is -0.158. The summed E-state index contributed by atoms with van der Waals surface area (Å²) in [6.07, 6.45) is 0. The molecule has 0 saturated carbocycles. The van der Waals surface area contributed by atoms with Crippen LogP contribution in [-0.4, -0.2) is 12.5 Å². The fourth-order valence-electron chi connectivity index (χ4n) is 2.00. The molecule has 1 N–H and O–H groups in total. The highest BCUT2D eigenvalue weighted by molar-refractivity contribution is 14.1. The van der Waals surface area contributed by atoms with Crippen molar-refractivity contribution >= 4 is 34.2 Å². The molecule has 0 spiro atoms. The van der Waals surface area contributed by atoms with Crippen molar-refractivity contribution in [2.45, 2.75) is 20.8 Å². The molecule has 0 fully saturated rings. The van der Waals surface area contributed by atoms with Crippen molar-refractivity contribution in [3.05, 3.63) is 56.7 Å². The van der Waals surface area contributed by atoms with Gasteiger partial charge < -0.3 is 10.1 Å². The maximum absolute atomic E-state index is 11.9. The van der Waals surface area contributed by atoms with Gasteiger partial charge in [0.25, 0.3) is 5.91 Å². The molecular formula is C17H18INO2. The first kappa shape index (κ1) is 15.8. The van der Waals surface area contributed by atoms with E-state index in [1.54, 1.807) is 0 Å². The molecule has 0 saturated heterocycles. The molecule has 0 unspecified atom stereocenters. The fourth-order valence-corrected chi connectivity index (χ4v) is 2.54. The molecule has 2 aromatic carbocycles. The second kappa shape index (κ2) is 6.93. The molecule has 0 heterocycles. The molecule has 0 aliphatic rings. The van der Waals surface area contributed by atoms with Gasteiger partial charge in [-0.15, -0.1) is 0 Å². The van der Waals surface area contributed by atoms with Crippen LogP contribution in [0.5, 0.6) is 5.75 Å². The molecule has 110 valence electrons. The van der Waals surface area contributed by atoms with Crippen molar-refractivity contribution in [1.29, 1.82) is 0 Å². The van der Waals surface area contributed by atoms with E-state index in [0.717, 1.165) is 26.1 Å². The minimum absolute atomic E-state index is 0.00874. The number of amides is 1. The van der Waals surface area contributed by atoms with Gasteiger partial charge in [-0.25, -0.2) is 0 Å². The van der Waals surface area contributed by atoms with Gasteiger partial charge in [-0.05, 0) is 84.3 Å². The van der Waals surface area contributed by atoms with E-state index >= 15 is 0 Å². The number of hydrogen-bond donors (Lipinski definition) is 1. The second-order valence-corrected chi connectivity index (χ2v) is 6.29. The number of anilines is 1. The Balaban J connectivity index is 1.97. The Morgan fingerprint density at radius 1 is 1.10 bits per heavy atom. The summed E-state index contributed by atoms with van der Waals surface area (Å²) >= 11 is 2.21. The number of aryl methyl sites for hydroxylation is 3. The van der Waals surface area contributed by atoms with E-state index in [-0.39, 0.29) is 12.5 Å². The van der Waals surface area contributed by atoms with Gasteiger partial charge in [-0.1, -0.05) is 12.1 Å². The molecule has 4 heteroatoms. The zero-order chi connectivity index (χ0) is 15.4. The standard InChI is InChI=1S/C17H18INO2/c1-11-7-13(3)16(8-12(11)2)21-10-17(20)19-15-6-4-5-14(18)9-15/h4-9H,10H2,1-3H3,(H,19,20). The van der Waals surface area contributed by atoms with Crippen LogP contribution >= 0.6 is 22.6 Å². The van der Waals surface area contributed by atoms with Gasteiger partial charge in [-0.3, -0.25) is 4.79 Å². The van der Waals surface area contributed by atoms with E-state index in [1.807, 2.05) is 44.2 Å². The maximum Gasteiger partial charge on any atom is 0.262 e. The highest BCUT2D eigenvalue weighted by atomic mass is 127. The molecule has 0 aromatic heterocycles. The monoisotopic (exact) mass is 395 g/mol. The molecule has 0 atom stereocenters. The van der Waals surface area contributed by atoms with E-state index < -0.39 is 0 Å². The van der Waals surface area contributed by atoms with Crippen molar-refractivity contribution in [2.24, 2.45) is 0 Å². The smallest absolute Gasteiger partial charge is 0.262 e. The lowest BCUT2D eigenvalue weighted by atomic mass is 10.1. The van der Waals surface area contributed by atoms with Crippen molar-refractivity contribution in [3.63, 3.8) is 0 Å². The van der Waals surface area contributed by atoms with E-state index in [9.17, 15) is 4.79 Å². The molecule has 0 aliphatic carbocycles. The second-order valence-electron chi connectivity index (χ2n) is 5.05. The topological polar surface area (TPSA) is 38.3 Å². The van der Waals surface area contributed by atoms with Crippen LogP contribution in [0.2, 0.25) is 0 Å². The number of carbonyl (C=O) groups is 1. The molecule has 0 bridgehead atoms. The lowest BCUT2D eigenvalue weighted by Crippen LogP contribution is -2.20. The number of benzene rings is 2. The summed E-state index contributed by atoms with van der Waals surface area (Å²) in [5, 5.41) is 2.83. The third kappa shape index (κ3) is 4.46. The van der Waals surface area contributed by atoms with Crippen molar-refractivity contribution in [3.8, 4) is 5.75 Å². The SMILES string of the molecule is Cc1cc(C)c(OCC(=O)Nc2cccc(I)c2)cc1C. The van der Waals surface area contributed by atoms with E-state index in [2.05, 4.69) is 40.9 Å². The van der Waals surface area contributed by atoms with Gasteiger partial charge in [0.15, 0.2) is 6.61 Å². The highest BCUT2D eigenvalue weighted by Gasteiger charge is 2.07. The summed E-state index contributed by atoms with van der Waals surface area (Å²) in [7, 11) is 0. The maximum atomic E-state index is 11.9. The van der Waals surface area contributed by atoms with Crippen LogP contribution in [0.1, 0.15) is 16.7 Å². The lowest BCUT2D eigenvalue weighted by Gasteiger charge is -2.12. The summed E-state index contributed by atoms with van der Waals surface area (Å²) < 4.78 is 6.70. The molecular weight excluding hydrogens is 377 g/mol. The Kier molecular flexibility index (Phi) is 5.22. The average molecular weight is 395 g/mol. The quantitative estimate of drug-likeness (QED) is 0.787. The number of carbonyl (C=O) groups excluding carboxylic acids is 1. The lowest BCUT2D eigenvalue weighted by molar-refractivity contribution is -0.118.